The number of fused-ring (bicyclic) bond motifs is 1. The number of nitrogens with zero attached hydrogens (tertiary/aromatic N) is 2. The van der Waals surface area contributed by atoms with E-state index in [4.69, 9.17) is 0 Å². The number of hydrogen-bond acceptors (Lipinski definition) is 4. The lowest BCUT2D eigenvalue weighted by atomic mass is 10.0. The Morgan fingerprint density at radius 1 is 1.00 bits per heavy atom. The molecule has 1 aromatic rings. The molecule has 0 aliphatic carbocycles. The van der Waals surface area contributed by atoms with Crippen LogP contribution in [-0.2, 0) is 26.5 Å². The van der Waals surface area contributed by atoms with E-state index in [1.165, 1.54) is 14.7 Å². The first kappa shape index (κ1) is 16.7. The molecule has 0 atom stereocenters. The van der Waals surface area contributed by atoms with Gasteiger partial charge in [-0.3, -0.25) is 4.31 Å². The summed E-state index contributed by atoms with van der Waals surface area (Å²) in [5, 5.41) is 0. The van der Waals surface area contributed by atoms with Gasteiger partial charge in [0.15, 0.2) is 0 Å². The standard InChI is InChI=1S/C15H22N2O4S2/c1-2-22(18,19)17-11-5-6-13-12-14(7-8-15(13)17)23(20,21)16-9-3-4-10-16/h7-8,12H,2-6,9-11H2,1H3. The molecule has 1 saturated heterocycles. The van der Waals surface area contributed by atoms with Crippen molar-refractivity contribution >= 4 is 25.7 Å². The van der Waals surface area contributed by atoms with Gasteiger partial charge in [0.25, 0.3) is 0 Å². The number of benzene rings is 1. The maximum Gasteiger partial charge on any atom is 0.243 e. The summed E-state index contributed by atoms with van der Waals surface area (Å²) < 4.78 is 52.6. The Balaban J connectivity index is 2.00. The van der Waals surface area contributed by atoms with Gasteiger partial charge in [-0.15, -0.1) is 0 Å². The van der Waals surface area contributed by atoms with E-state index in [0.29, 0.717) is 38.2 Å². The Morgan fingerprint density at radius 3 is 2.35 bits per heavy atom. The lowest BCUT2D eigenvalue weighted by Crippen LogP contribution is -2.36. The fraction of sp³-hybridized carbons (Fsp3) is 0.600. The minimum atomic E-state index is -3.47. The van der Waals surface area contributed by atoms with Crippen LogP contribution in [0.4, 0.5) is 5.69 Å². The van der Waals surface area contributed by atoms with Crippen molar-refractivity contribution in [3.8, 4) is 0 Å². The number of hydrogen-bond donors (Lipinski definition) is 0. The first-order valence-electron chi connectivity index (χ1n) is 8.00. The van der Waals surface area contributed by atoms with Crippen LogP contribution >= 0.6 is 0 Å². The van der Waals surface area contributed by atoms with Crippen LogP contribution in [0.5, 0.6) is 0 Å². The van der Waals surface area contributed by atoms with E-state index < -0.39 is 20.0 Å². The number of anilines is 1. The van der Waals surface area contributed by atoms with Crippen molar-refractivity contribution < 1.29 is 16.8 Å². The summed E-state index contributed by atoms with van der Waals surface area (Å²) in [6.45, 7) is 3.21. The molecule has 128 valence electrons. The molecular weight excluding hydrogens is 336 g/mol. The third-order valence-electron chi connectivity index (χ3n) is 4.53. The Morgan fingerprint density at radius 2 is 1.70 bits per heavy atom. The van der Waals surface area contributed by atoms with Crippen LogP contribution in [0.1, 0.15) is 31.7 Å². The zero-order valence-corrected chi connectivity index (χ0v) is 14.9. The topological polar surface area (TPSA) is 74.8 Å². The van der Waals surface area contributed by atoms with Crippen molar-refractivity contribution in [1.29, 1.82) is 0 Å². The summed E-state index contributed by atoms with van der Waals surface area (Å²) >= 11 is 0. The Bertz CT molecular complexity index is 797. The third-order valence-corrected chi connectivity index (χ3v) is 8.21. The van der Waals surface area contributed by atoms with Gasteiger partial charge < -0.3 is 0 Å². The smallest absolute Gasteiger partial charge is 0.243 e. The molecule has 0 saturated carbocycles. The monoisotopic (exact) mass is 358 g/mol. The number of sulfonamides is 2. The van der Waals surface area contributed by atoms with Gasteiger partial charge in [0.2, 0.25) is 20.0 Å². The van der Waals surface area contributed by atoms with E-state index in [1.807, 2.05) is 0 Å². The quantitative estimate of drug-likeness (QED) is 0.819. The van der Waals surface area contributed by atoms with Crippen LogP contribution in [0.15, 0.2) is 23.1 Å². The average Bonchev–Trinajstić information content (AvgIpc) is 3.09. The van der Waals surface area contributed by atoms with E-state index >= 15 is 0 Å². The lowest BCUT2D eigenvalue weighted by molar-refractivity contribution is 0.477. The minimum Gasteiger partial charge on any atom is -0.270 e. The van der Waals surface area contributed by atoms with Crippen molar-refractivity contribution in [2.75, 3.05) is 29.7 Å². The van der Waals surface area contributed by atoms with Gasteiger partial charge in [0.1, 0.15) is 0 Å². The molecule has 2 heterocycles. The third kappa shape index (κ3) is 2.99. The summed E-state index contributed by atoms with van der Waals surface area (Å²) in [6, 6.07) is 4.83. The van der Waals surface area contributed by atoms with E-state index in [-0.39, 0.29) is 10.6 Å². The number of aryl methyl sites for hydroxylation is 1. The first-order chi connectivity index (χ1) is 10.9. The normalized spacial score (nSPS) is 19.8. The molecule has 2 aliphatic rings. The molecule has 1 fully saturated rings. The first-order valence-corrected chi connectivity index (χ1v) is 11.0. The van der Waals surface area contributed by atoms with Gasteiger partial charge in [-0.05, 0) is 56.4 Å². The van der Waals surface area contributed by atoms with E-state index in [1.54, 1.807) is 19.1 Å². The van der Waals surface area contributed by atoms with Gasteiger partial charge in [-0.1, -0.05) is 0 Å². The lowest BCUT2D eigenvalue weighted by Gasteiger charge is -2.30. The van der Waals surface area contributed by atoms with E-state index in [9.17, 15) is 16.8 Å². The highest BCUT2D eigenvalue weighted by molar-refractivity contribution is 7.92. The Hall–Kier alpha value is -1.12. The molecule has 6 nitrogen and oxygen atoms in total. The largest absolute Gasteiger partial charge is 0.270 e. The SMILES string of the molecule is CCS(=O)(=O)N1CCCc2cc(S(=O)(=O)N3CCCC3)ccc21. The maximum atomic E-state index is 12.6. The Labute approximate surface area is 138 Å². The van der Waals surface area contributed by atoms with Gasteiger partial charge in [0, 0.05) is 19.6 Å². The molecule has 0 aromatic heterocycles. The van der Waals surface area contributed by atoms with Crippen molar-refractivity contribution in [3.63, 3.8) is 0 Å². The highest BCUT2D eigenvalue weighted by Gasteiger charge is 2.30. The molecule has 0 N–H and O–H groups in total. The zero-order valence-electron chi connectivity index (χ0n) is 13.2. The van der Waals surface area contributed by atoms with Crippen LogP contribution in [0, 0.1) is 0 Å². The predicted molar refractivity (Wildman–Crippen MR) is 89.6 cm³/mol. The van der Waals surface area contributed by atoms with Crippen LogP contribution in [0.3, 0.4) is 0 Å². The fourth-order valence-electron chi connectivity index (χ4n) is 3.22. The van der Waals surface area contributed by atoms with Crippen LogP contribution in [-0.4, -0.2) is 46.5 Å². The molecular formula is C15H22N2O4S2. The molecule has 0 bridgehead atoms. The molecule has 0 unspecified atom stereocenters. The summed E-state index contributed by atoms with van der Waals surface area (Å²) in [5.74, 6) is 0.0419. The molecule has 1 aromatic carbocycles. The molecule has 3 rings (SSSR count). The highest BCUT2D eigenvalue weighted by Crippen LogP contribution is 2.32. The van der Waals surface area contributed by atoms with Crippen LogP contribution in [0.25, 0.3) is 0 Å². The van der Waals surface area contributed by atoms with E-state index in [0.717, 1.165) is 18.4 Å². The second kappa shape index (κ2) is 6.07. The van der Waals surface area contributed by atoms with Crippen molar-refractivity contribution in [1.82, 2.24) is 4.31 Å². The summed E-state index contributed by atoms with van der Waals surface area (Å²) in [4.78, 5) is 0.272. The van der Waals surface area contributed by atoms with Crippen molar-refractivity contribution in [3.05, 3.63) is 23.8 Å². The van der Waals surface area contributed by atoms with Crippen molar-refractivity contribution in [2.24, 2.45) is 0 Å². The van der Waals surface area contributed by atoms with Gasteiger partial charge in [-0.25, -0.2) is 16.8 Å². The van der Waals surface area contributed by atoms with Crippen molar-refractivity contribution in [2.45, 2.75) is 37.5 Å². The molecule has 0 spiro atoms. The molecule has 8 heteroatoms. The van der Waals surface area contributed by atoms with Crippen LogP contribution in [0.2, 0.25) is 0 Å². The number of rotatable bonds is 4. The fourth-order valence-corrected chi connectivity index (χ4v) is 5.99. The maximum absolute atomic E-state index is 12.6. The second-order valence-corrected chi connectivity index (χ2v) is 10.1. The molecule has 0 radical (unpaired) electrons. The molecule has 0 amide bonds. The average molecular weight is 358 g/mol. The van der Waals surface area contributed by atoms with Gasteiger partial charge in [0.05, 0.1) is 16.3 Å². The Kier molecular flexibility index (Phi) is 4.41. The van der Waals surface area contributed by atoms with E-state index in [2.05, 4.69) is 0 Å². The van der Waals surface area contributed by atoms with Crippen LogP contribution < -0.4 is 4.31 Å². The highest BCUT2D eigenvalue weighted by atomic mass is 32.2. The van der Waals surface area contributed by atoms with Gasteiger partial charge in [-0.2, -0.15) is 4.31 Å². The minimum absolute atomic E-state index is 0.0419. The molecule has 2 aliphatic heterocycles. The summed E-state index contributed by atoms with van der Waals surface area (Å²) in [5.41, 5.74) is 1.42. The summed E-state index contributed by atoms with van der Waals surface area (Å²) in [7, 11) is -6.79. The molecule has 23 heavy (non-hydrogen) atoms. The summed E-state index contributed by atoms with van der Waals surface area (Å²) in [6.07, 6.45) is 3.20. The van der Waals surface area contributed by atoms with Gasteiger partial charge >= 0.3 is 0 Å². The predicted octanol–water partition coefficient (Wildman–Crippen LogP) is 1.57. The zero-order chi connectivity index (χ0) is 16.7. The second-order valence-electron chi connectivity index (χ2n) is 5.98.